The number of aromatic nitrogens is 3. The smallest absolute Gasteiger partial charge is 0.367 e. The van der Waals surface area contributed by atoms with E-state index < -0.39 is 11.9 Å². The van der Waals surface area contributed by atoms with Crippen LogP contribution in [0.1, 0.15) is 38.1 Å². The molecule has 1 aliphatic heterocycles. The van der Waals surface area contributed by atoms with Gasteiger partial charge in [-0.15, -0.1) is 0 Å². The molecule has 2 aliphatic rings. The molecule has 1 amide bonds. The van der Waals surface area contributed by atoms with Crippen LogP contribution in [-0.4, -0.2) is 39.8 Å². The van der Waals surface area contributed by atoms with Crippen molar-refractivity contribution in [2.24, 2.45) is 11.8 Å². The van der Waals surface area contributed by atoms with Crippen molar-refractivity contribution in [3.05, 3.63) is 29.7 Å². The summed E-state index contributed by atoms with van der Waals surface area (Å²) in [6.45, 7) is 6.13. The molecule has 3 heterocycles. The van der Waals surface area contributed by atoms with Gasteiger partial charge in [-0.3, -0.25) is 9.48 Å². The molecule has 4 rings (SSSR count). The molecular formula is C21H27F3N6O. The minimum absolute atomic E-state index is 0.0331. The van der Waals surface area contributed by atoms with Gasteiger partial charge in [-0.25, -0.2) is 4.98 Å². The third kappa shape index (κ3) is 4.07. The minimum Gasteiger partial charge on any atom is -0.367 e. The van der Waals surface area contributed by atoms with E-state index in [1.54, 1.807) is 0 Å². The summed E-state index contributed by atoms with van der Waals surface area (Å²) in [5.41, 5.74) is 1.65. The molecule has 0 saturated heterocycles. The van der Waals surface area contributed by atoms with Crippen molar-refractivity contribution in [2.45, 2.75) is 58.4 Å². The zero-order valence-electron chi connectivity index (χ0n) is 18.0. The van der Waals surface area contributed by atoms with Crippen LogP contribution in [0.3, 0.4) is 0 Å². The number of hydrogen-bond acceptors (Lipinski definition) is 5. The Balaban J connectivity index is 1.42. The first kappa shape index (κ1) is 21.5. The van der Waals surface area contributed by atoms with Crippen LogP contribution >= 0.6 is 0 Å². The number of hydrogen-bond donors (Lipinski definition) is 2. The number of nitrogens with zero attached hydrogens (tertiary/aromatic N) is 4. The van der Waals surface area contributed by atoms with Crippen LogP contribution in [0.5, 0.6) is 0 Å². The van der Waals surface area contributed by atoms with Gasteiger partial charge in [-0.05, 0) is 37.7 Å². The summed E-state index contributed by atoms with van der Waals surface area (Å²) in [4.78, 5) is 19.0. The van der Waals surface area contributed by atoms with Crippen molar-refractivity contribution < 1.29 is 18.0 Å². The van der Waals surface area contributed by atoms with Crippen molar-refractivity contribution in [1.29, 1.82) is 0 Å². The summed E-state index contributed by atoms with van der Waals surface area (Å²) in [6.07, 6.45) is -1.71. The molecule has 0 spiro atoms. The minimum atomic E-state index is -4.39. The molecule has 1 atom stereocenters. The van der Waals surface area contributed by atoms with Gasteiger partial charge in [0.2, 0.25) is 5.91 Å². The van der Waals surface area contributed by atoms with Crippen LogP contribution in [0.15, 0.2) is 18.3 Å². The predicted molar refractivity (Wildman–Crippen MR) is 112 cm³/mol. The molecule has 10 heteroatoms. The Hall–Kier alpha value is -2.78. The van der Waals surface area contributed by atoms with Gasteiger partial charge in [0.15, 0.2) is 0 Å². The number of amides is 1. The van der Waals surface area contributed by atoms with Crippen LogP contribution < -0.4 is 15.5 Å². The maximum Gasteiger partial charge on any atom is 0.433 e. The lowest BCUT2D eigenvalue weighted by molar-refractivity contribution is -0.144. The first-order valence-corrected chi connectivity index (χ1v) is 10.5. The van der Waals surface area contributed by atoms with Crippen molar-refractivity contribution in [2.75, 3.05) is 22.6 Å². The van der Waals surface area contributed by atoms with E-state index in [4.69, 9.17) is 0 Å². The van der Waals surface area contributed by atoms with Gasteiger partial charge in [-0.2, -0.15) is 18.3 Å². The lowest BCUT2D eigenvalue weighted by atomic mass is 9.80. The van der Waals surface area contributed by atoms with E-state index in [9.17, 15) is 18.0 Å². The van der Waals surface area contributed by atoms with Gasteiger partial charge < -0.3 is 15.5 Å². The third-order valence-corrected chi connectivity index (χ3v) is 6.15. The molecule has 0 aromatic carbocycles. The topological polar surface area (TPSA) is 75.1 Å². The predicted octanol–water partition coefficient (Wildman–Crippen LogP) is 3.91. The molecule has 2 N–H and O–H groups in total. The Morgan fingerprint density at radius 2 is 2.03 bits per heavy atom. The fraction of sp³-hybridized carbons (Fsp3) is 0.571. The molecule has 1 aliphatic carbocycles. The summed E-state index contributed by atoms with van der Waals surface area (Å²) in [5.74, 6) is 0.957. The first-order valence-electron chi connectivity index (χ1n) is 10.5. The summed E-state index contributed by atoms with van der Waals surface area (Å²) >= 11 is 0. The van der Waals surface area contributed by atoms with Gasteiger partial charge in [0, 0.05) is 31.9 Å². The number of aryl methyl sites for hydroxylation is 1. The van der Waals surface area contributed by atoms with Gasteiger partial charge in [0.25, 0.3) is 0 Å². The molecule has 7 nitrogen and oxygen atoms in total. The molecule has 31 heavy (non-hydrogen) atoms. The van der Waals surface area contributed by atoms with E-state index in [-0.39, 0.29) is 36.4 Å². The second-order valence-corrected chi connectivity index (χ2v) is 8.85. The highest BCUT2D eigenvalue weighted by Gasteiger charge is 2.38. The number of nitrogens with one attached hydrogen (secondary N) is 2. The second-order valence-electron chi connectivity index (χ2n) is 8.85. The molecule has 168 valence electrons. The molecule has 0 bridgehead atoms. The third-order valence-electron chi connectivity index (χ3n) is 6.15. The Morgan fingerprint density at radius 1 is 1.32 bits per heavy atom. The Kier molecular flexibility index (Phi) is 5.35. The van der Waals surface area contributed by atoms with Gasteiger partial charge in [0.1, 0.15) is 17.6 Å². The Morgan fingerprint density at radius 3 is 2.68 bits per heavy atom. The van der Waals surface area contributed by atoms with E-state index in [0.29, 0.717) is 5.82 Å². The summed E-state index contributed by atoms with van der Waals surface area (Å²) in [7, 11) is 1.91. The fourth-order valence-electron chi connectivity index (χ4n) is 4.61. The first-order chi connectivity index (χ1) is 14.5. The number of rotatable bonds is 5. The molecule has 1 fully saturated rings. The fourth-order valence-corrected chi connectivity index (χ4v) is 4.61. The van der Waals surface area contributed by atoms with Crippen LogP contribution in [0.2, 0.25) is 0 Å². The number of pyridine rings is 1. The number of alkyl halides is 3. The number of anilines is 3. The lowest BCUT2D eigenvalue weighted by Gasteiger charge is -2.39. The van der Waals surface area contributed by atoms with Crippen LogP contribution in [0.25, 0.3) is 0 Å². The maximum absolute atomic E-state index is 13.0. The van der Waals surface area contributed by atoms with E-state index in [0.717, 1.165) is 40.7 Å². The second kappa shape index (κ2) is 7.72. The van der Waals surface area contributed by atoms with Crippen molar-refractivity contribution >= 4 is 23.1 Å². The Bertz CT molecular complexity index is 980. The number of fused-ring (bicyclic) bond motifs is 1. The summed E-state index contributed by atoms with van der Waals surface area (Å²) < 4.78 is 40.1. The standard InChI is InChI=1S/C21H27F3N6O/c1-11(2)19-20(31)28-18-12(3)26-17(9-15(18)29(19)4)27-14-7-13(8-14)10-30-16(5-6-25-30)21(22,23)24/h5-6,9,11,13-14,19H,7-8,10H2,1-4H3,(H,26,27)(H,28,31). The van der Waals surface area contributed by atoms with Gasteiger partial charge >= 0.3 is 6.18 Å². The molecule has 1 saturated carbocycles. The van der Waals surface area contributed by atoms with Gasteiger partial charge in [-0.1, -0.05) is 13.8 Å². The van der Waals surface area contributed by atoms with E-state index in [1.165, 1.54) is 6.20 Å². The zero-order valence-corrected chi connectivity index (χ0v) is 18.0. The highest BCUT2D eigenvalue weighted by molar-refractivity contribution is 6.04. The molecular weight excluding hydrogens is 409 g/mol. The van der Waals surface area contributed by atoms with Crippen LogP contribution in [0.4, 0.5) is 30.4 Å². The molecule has 2 aromatic heterocycles. The number of carbonyl (C=O) groups is 1. The number of likely N-dealkylation sites (N-methyl/N-ethyl adjacent to an activating group) is 1. The largest absolute Gasteiger partial charge is 0.433 e. The normalized spacial score (nSPS) is 23.4. The van der Waals surface area contributed by atoms with Crippen LogP contribution in [-0.2, 0) is 17.5 Å². The van der Waals surface area contributed by atoms with E-state index in [2.05, 4.69) is 20.7 Å². The maximum atomic E-state index is 13.0. The van der Waals surface area contributed by atoms with Crippen molar-refractivity contribution in [3.8, 4) is 0 Å². The molecule has 2 aromatic rings. The van der Waals surface area contributed by atoms with E-state index in [1.807, 2.05) is 38.8 Å². The SMILES string of the molecule is Cc1nc(NC2CC(Cn3nccc3C(F)(F)F)C2)cc2c1NC(=O)C(C(C)C)N2C. The van der Waals surface area contributed by atoms with E-state index >= 15 is 0 Å². The highest BCUT2D eigenvalue weighted by atomic mass is 19.4. The van der Waals surface area contributed by atoms with Crippen molar-refractivity contribution in [1.82, 2.24) is 14.8 Å². The summed E-state index contributed by atoms with van der Waals surface area (Å²) in [6, 6.07) is 2.82. The average Bonchev–Trinajstić information content (AvgIpc) is 3.09. The quantitative estimate of drug-likeness (QED) is 0.744. The highest BCUT2D eigenvalue weighted by Crippen LogP contribution is 2.38. The van der Waals surface area contributed by atoms with Crippen molar-refractivity contribution in [3.63, 3.8) is 0 Å². The molecule has 1 unspecified atom stereocenters. The number of halogens is 3. The van der Waals surface area contributed by atoms with Gasteiger partial charge in [0.05, 0.1) is 17.1 Å². The average molecular weight is 436 g/mol. The Labute approximate surface area is 179 Å². The zero-order chi connectivity index (χ0) is 22.5. The summed E-state index contributed by atoms with van der Waals surface area (Å²) in [5, 5.41) is 10.2. The van der Waals surface area contributed by atoms with Crippen LogP contribution in [0, 0.1) is 18.8 Å². The monoisotopic (exact) mass is 436 g/mol. The molecule has 0 radical (unpaired) electrons. The lowest BCUT2D eigenvalue weighted by Crippen LogP contribution is -2.49. The number of carbonyl (C=O) groups excluding carboxylic acids is 1.